The van der Waals surface area contributed by atoms with Gasteiger partial charge in [-0.05, 0) is 5.56 Å². The molecule has 0 aliphatic carbocycles. The lowest BCUT2D eigenvalue weighted by Gasteiger charge is -2.29. The summed E-state index contributed by atoms with van der Waals surface area (Å²) in [6.45, 7) is 2.75. The molecule has 1 unspecified atom stereocenters. The van der Waals surface area contributed by atoms with E-state index in [1.165, 1.54) is 16.8 Å². The standard InChI is InChI=1S/C12H14N2O3S/c1-9-7-14(12(15)11(13-16)18-9)17-8-10-5-3-2-4-6-10/h2-6,9,16H,7-8H2,1H3. The summed E-state index contributed by atoms with van der Waals surface area (Å²) in [5, 5.41) is 13.2. The van der Waals surface area contributed by atoms with Crippen LogP contribution in [-0.2, 0) is 16.2 Å². The highest BCUT2D eigenvalue weighted by Gasteiger charge is 2.31. The average Bonchev–Trinajstić information content (AvgIpc) is 2.40. The van der Waals surface area contributed by atoms with Crippen molar-refractivity contribution in [3.63, 3.8) is 0 Å². The molecule has 5 nitrogen and oxygen atoms in total. The summed E-state index contributed by atoms with van der Waals surface area (Å²) in [4.78, 5) is 17.3. The molecular weight excluding hydrogens is 252 g/mol. The summed E-state index contributed by atoms with van der Waals surface area (Å²) in [5.41, 5.74) is 0.985. The average molecular weight is 266 g/mol. The second-order valence-corrected chi connectivity index (χ2v) is 5.39. The van der Waals surface area contributed by atoms with Gasteiger partial charge < -0.3 is 5.21 Å². The Hall–Kier alpha value is -1.53. The molecule has 0 saturated carbocycles. The van der Waals surface area contributed by atoms with Crippen molar-refractivity contribution in [3.8, 4) is 0 Å². The summed E-state index contributed by atoms with van der Waals surface area (Å²) < 4.78 is 0. The molecule has 1 aliphatic rings. The van der Waals surface area contributed by atoms with Crippen LogP contribution in [0.5, 0.6) is 0 Å². The number of benzene rings is 1. The summed E-state index contributed by atoms with van der Waals surface area (Å²) in [6, 6.07) is 9.59. The molecule has 18 heavy (non-hydrogen) atoms. The number of hydroxylamine groups is 2. The largest absolute Gasteiger partial charge is 0.410 e. The smallest absolute Gasteiger partial charge is 0.306 e. The number of oxime groups is 1. The van der Waals surface area contributed by atoms with E-state index in [1.807, 2.05) is 37.3 Å². The lowest BCUT2D eigenvalue weighted by atomic mass is 10.2. The van der Waals surface area contributed by atoms with Crippen molar-refractivity contribution >= 4 is 22.7 Å². The van der Waals surface area contributed by atoms with Crippen molar-refractivity contribution in [3.05, 3.63) is 35.9 Å². The fourth-order valence-corrected chi connectivity index (χ4v) is 2.45. The van der Waals surface area contributed by atoms with Crippen molar-refractivity contribution in [1.29, 1.82) is 0 Å². The Balaban J connectivity index is 1.98. The first-order valence-corrected chi connectivity index (χ1v) is 6.46. The monoisotopic (exact) mass is 266 g/mol. The molecule has 1 heterocycles. The minimum atomic E-state index is -0.392. The Morgan fingerprint density at radius 2 is 2.22 bits per heavy atom. The Morgan fingerprint density at radius 1 is 1.50 bits per heavy atom. The molecule has 96 valence electrons. The van der Waals surface area contributed by atoms with E-state index < -0.39 is 5.91 Å². The number of rotatable bonds is 3. The van der Waals surface area contributed by atoms with Gasteiger partial charge in [-0.15, -0.1) is 0 Å². The number of carbonyl (C=O) groups excluding carboxylic acids is 1. The van der Waals surface area contributed by atoms with E-state index in [0.717, 1.165) is 5.56 Å². The molecule has 0 spiro atoms. The van der Waals surface area contributed by atoms with Crippen LogP contribution in [0.1, 0.15) is 12.5 Å². The first kappa shape index (κ1) is 12.9. The molecule has 1 aromatic rings. The molecule has 0 radical (unpaired) electrons. The predicted molar refractivity (Wildman–Crippen MR) is 69.2 cm³/mol. The van der Waals surface area contributed by atoms with Crippen LogP contribution < -0.4 is 0 Å². The second kappa shape index (κ2) is 5.88. The third kappa shape index (κ3) is 3.02. The topological polar surface area (TPSA) is 62.1 Å². The van der Waals surface area contributed by atoms with Gasteiger partial charge in [0.2, 0.25) is 5.04 Å². The number of thioether (sulfide) groups is 1. The van der Waals surface area contributed by atoms with Crippen molar-refractivity contribution in [1.82, 2.24) is 5.06 Å². The Labute approximate surface area is 109 Å². The van der Waals surface area contributed by atoms with Gasteiger partial charge in [0.1, 0.15) is 6.61 Å². The summed E-state index contributed by atoms with van der Waals surface area (Å²) in [6.07, 6.45) is 0. The van der Waals surface area contributed by atoms with Crippen molar-refractivity contribution in [2.24, 2.45) is 5.16 Å². The molecule has 6 heteroatoms. The van der Waals surface area contributed by atoms with E-state index >= 15 is 0 Å². The highest BCUT2D eigenvalue weighted by atomic mass is 32.2. The fraction of sp³-hybridized carbons (Fsp3) is 0.333. The molecule has 1 saturated heterocycles. The van der Waals surface area contributed by atoms with Crippen LogP contribution in [0.2, 0.25) is 0 Å². The zero-order valence-electron chi connectivity index (χ0n) is 9.94. The van der Waals surface area contributed by atoms with Crippen LogP contribution in [0, 0.1) is 0 Å². The molecule has 1 aromatic carbocycles. The highest BCUT2D eigenvalue weighted by Crippen LogP contribution is 2.22. The summed E-state index contributed by atoms with van der Waals surface area (Å²) in [5.74, 6) is -0.392. The molecule has 1 aliphatic heterocycles. The summed E-state index contributed by atoms with van der Waals surface area (Å²) >= 11 is 1.25. The predicted octanol–water partition coefficient (Wildman–Crippen LogP) is 1.87. The van der Waals surface area contributed by atoms with Gasteiger partial charge in [0, 0.05) is 5.25 Å². The van der Waals surface area contributed by atoms with Gasteiger partial charge >= 0.3 is 5.91 Å². The normalized spacial score (nSPS) is 22.5. The Kier molecular flexibility index (Phi) is 4.22. The molecule has 0 aromatic heterocycles. The minimum Gasteiger partial charge on any atom is -0.410 e. The second-order valence-electron chi connectivity index (χ2n) is 3.96. The lowest BCUT2D eigenvalue weighted by molar-refractivity contribution is -0.184. The molecule has 0 bridgehead atoms. The molecule has 1 fully saturated rings. The van der Waals surface area contributed by atoms with Gasteiger partial charge in [-0.3, -0.25) is 9.63 Å². The van der Waals surface area contributed by atoms with Crippen molar-refractivity contribution in [2.75, 3.05) is 6.54 Å². The van der Waals surface area contributed by atoms with Crippen LogP contribution >= 0.6 is 11.8 Å². The van der Waals surface area contributed by atoms with E-state index in [2.05, 4.69) is 5.16 Å². The number of carbonyl (C=O) groups is 1. The maximum absolute atomic E-state index is 11.8. The number of nitrogens with zero attached hydrogens (tertiary/aromatic N) is 2. The quantitative estimate of drug-likeness (QED) is 0.670. The zero-order chi connectivity index (χ0) is 13.0. The van der Waals surface area contributed by atoms with E-state index in [0.29, 0.717) is 13.2 Å². The molecule has 2 rings (SSSR count). The maximum atomic E-state index is 11.8. The van der Waals surface area contributed by atoms with E-state index in [4.69, 9.17) is 10.0 Å². The minimum absolute atomic E-state index is 0.0711. The van der Waals surface area contributed by atoms with Gasteiger partial charge in [-0.25, -0.2) is 5.06 Å². The molecule has 1 N–H and O–H groups in total. The van der Waals surface area contributed by atoms with Gasteiger partial charge in [0.15, 0.2) is 0 Å². The molecule has 1 amide bonds. The number of hydrogen-bond acceptors (Lipinski definition) is 5. The van der Waals surface area contributed by atoms with Crippen LogP contribution in [0.3, 0.4) is 0 Å². The fourth-order valence-electron chi connectivity index (χ4n) is 1.61. The van der Waals surface area contributed by atoms with Gasteiger partial charge in [-0.1, -0.05) is 54.2 Å². The van der Waals surface area contributed by atoms with E-state index in [1.54, 1.807) is 0 Å². The third-order valence-electron chi connectivity index (χ3n) is 2.47. The number of hydrogen-bond donors (Lipinski definition) is 1. The lowest BCUT2D eigenvalue weighted by Crippen LogP contribution is -2.44. The van der Waals surface area contributed by atoms with Crippen LogP contribution in [0.15, 0.2) is 35.5 Å². The SMILES string of the molecule is CC1CN(OCc2ccccc2)C(=O)C(=NO)S1. The number of amides is 1. The first-order valence-electron chi connectivity index (χ1n) is 5.58. The molecule has 1 atom stereocenters. The van der Waals surface area contributed by atoms with E-state index in [9.17, 15) is 4.79 Å². The van der Waals surface area contributed by atoms with E-state index in [-0.39, 0.29) is 10.3 Å². The van der Waals surface area contributed by atoms with Crippen LogP contribution in [0.4, 0.5) is 0 Å². The zero-order valence-corrected chi connectivity index (χ0v) is 10.8. The van der Waals surface area contributed by atoms with Crippen LogP contribution in [-0.4, -0.2) is 33.0 Å². The highest BCUT2D eigenvalue weighted by molar-refractivity contribution is 8.16. The van der Waals surface area contributed by atoms with Gasteiger partial charge in [-0.2, -0.15) is 0 Å². The molecular formula is C12H14N2O3S. The Morgan fingerprint density at radius 3 is 2.89 bits per heavy atom. The van der Waals surface area contributed by atoms with Gasteiger partial charge in [0.25, 0.3) is 0 Å². The third-order valence-corrected chi connectivity index (χ3v) is 3.50. The van der Waals surface area contributed by atoms with Gasteiger partial charge in [0.05, 0.1) is 6.54 Å². The van der Waals surface area contributed by atoms with Crippen LogP contribution in [0.25, 0.3) is 0 Å². The Bertz CT molecular complexity index is 450. The maximum Gasteiger partial charge on any atom is 0.306 e. The summed E-state index contributed by atoms with van der Waals surface area (Å²) in [7, 11) is 0. The van der Waals surface area contributed by atoms with Crippen molar-refractivity contribution in [2.45, 2.75) is 18.8 Å². The first-order chi connectivity index (χ1) is 8.70. The van der Waals surface area contributed by atoms with Crippen molar-refractivity contribution < 1.29 is 14.8 Å².